The lowest BCUT2D eigenvalue weighted by atomic mass is 10.0. The average Bonchev–Trinajstić information content (AvgIpc) is 2.89. The predicted molar refractivity (Wildman–Crippen MR) is 78.5 cm³/mol. The SMILES string of the molecule is CCOc1ccc(C(O)CCC2CCCO2)c(Br)c1. The molecule has 2 atom stereocenters. The molecule has 2 unspecified atom stereocenters. The van der Waals surface area contributed by atoms with Crippen LogP contribution in [0.15, 0.2) is 22.7 Å². The highest BCUT2D eigenvalue weighted by atomic mass is 79.9. The van der Waals surface area contributed by atoms with E-state index >= 15 is 0 Å². The summed E-state index contributed by atoms with van der Waals surface area (Å²) in [6, 6.07) is 5.74. The van der Waals surface area contributed by atoms with Crippen molar-refractivity contribution in [3.8, 4) is 5.75 Å². The average molecular weight is 329 g/mol. The molecule has 0 amide bonds. The van der Waals surface area contributed by atoms with E-state index in [2.05, 4.69) is 15.9 Å². The van der Waals surface area contributed by atoms with Gasteiger partial charge < -0.3 is 14.6 Å². The summed E-state index contributed by atoms with van der Waals surface area (Å²) >= 11 is 3.50. The van der Waals surface area contributed by atoms with Crippen molar-refractivity contribution in [2.45, 2.75) is 44.8 Å². The Kier molecular flexibility index (Phi) is 5.67. The summed E-state index contributed by atoms with van der Waals surface area (Å²) in [5.41, 5.74) is 0.918. The Morgan fingerprint density at radius 2 is 2.37 bits per heavy atom. The van der Waals surface area contributed by atoms with E-state index in [1.54, 1.807) is 0 Å². The molecule has 19 heavy (non-hydrogen) atoms. The first-order valence-corrected chi connectivity index (χ1v) is 7.72. The highest BCUT2D eigenvalue weighted by Gasteiger charge is 2.18. The van der Waals surface area contributed by atoms with Gasteiger partial charge >= 0.3 is 0 Å². The molecular formula is C15H21BrO3. The van der Waals surface area contributed by atoms with Crippen molar-refractivity contribution in [3.63, 3.8) is 0 Å². The lowest BCUT2D eigenvalue weighted by Crippen LogP contribution is -2.08. The van der Waals surface area contributed by atoms with Crippen LogP contribution in [0.3, 0.4) is 0 Å². The number of hydrogen-bond donors (Lipinski definition) is 1. The Balaban J connectivity index is 1.92. The normalized spacial score (nSPS) is 20.5. The van der Waals surface area contributed by atoms with Crippen LogP contribution in [0.4, 0.5) is 0 Å². The predicted octanol–water partition coefficient (Wildman–Crippen LogP) is 3.84. The summed E-state index contributed by atoms with van der Waals surface area (Å²) in [5.74, 6) is 0.824. The minimum absolute atomic E-state index is 0.330. The smallest absolute Gasteiger partial charge is 0.120 e. The fraction of sp³-hybridized carbons (Fsp3) is 0.600. The second-order valence-electron chi connectivity index (χ2n) is 4.84. The monoisotopic (exact) mass is 328 g/mol. The number of aliphatic hydroxyl groups excluding tert-OH is 1. The quantitative estimate of drug-likeness (QED) is 0.862. The van der Waals surface area contributed by atoms with Crippen molar-refractivity contribution < 1.29 is 14.6 Å². The Labute approximate surface area is 123 Å². The van der Waals surface area contributed by atoms with Crippen molar-refractivity contribution in [3.05, 3.63) is 28.2 Å². The number of hydrogen-bond acceptors (Lipinski definition) is 3. The van der Waals surface area contributed by atoms with E-state index in [1.807, 2.05) is 25.1 Å². The topological polar surface area (TPSA) is 38.7 Å². The van der Waals surface area contributed by atoms with Gasteiger partial charge in [0.1, 0.15) is 5.75 Å². The molecule has 1 aliphatic rings. The van der Waals surface area contributed by atoms with Gasteiger partial charge in [-0.25, -0.2) is 0 Å². The molecule has 1 aromatic carbocycles. The molecule has 2 rings (SSSR count). The summed E-state index contributed by atoms with van der Waals surface area (Å²) in [6.07, 6.45) is 3.80. The zero-order valence-corrected chi connectivity index (χ0v) is 12.9. The van der Waals surface area contributed by atoms with E-state index in [0.717, 1.165) is 48.1 Å². The zero-order valence-electron chi connectivity index (χ0n) is 11.3. The fourth-order valence-corrected chi connectivity index (χ4v) is 3.03. The van der Waals surface area contributed by atoms with E-state index < -0.39 is 6.10 Å². The van der Waals surface area contributed by atoms with Crippen molar-refractivity contribution >= 4 is 15.9 Å². The second kappa shape index (κ2) is 7.27. The third-order valence-corrected chi connectivity index (χ3v) is 4.11. The van der Waals surface area contributed by atoms with Gasteiger partial charge in [-0.2, -0.15) is 0 Å². The third kappa shape index (κ3) is 4.20. The molecule has 3 nitrogen and oxygen atoms in total. The van der Waals surface area contributed by atoms with E-state index in [1.165, 1.54) is 0 Å². The molecule has 1 aliphatic heterocycles. The van der Waals surface area contributed by atoms with Gasteiger partial charge in [0, 0.05) is 11.1 Å². The highest BCUT2D eigenvalue weighted by molar-refractivity contribution is 9.10. The van der Waals surface area contributed by atoms with Crippen LogP contribution in [0, 0.1) is 0 Å². The number of halogens is 1. The minimum atomic E-state index is -0.450. The molecule has 4 heteroatoms. The maximum Gasteiger partial charge on any atom is 0.120 e. The largest absolute Gasteiger partial charge is 0.494 e. The van der Waals surface area contributed by atoms with Crippen LogP contribution in [0.5, 0.6) is 5.75 Å². The zero-order chi connectivity index (χ0) is 13.7. The maximum atomic E-state index is 10.3. The van der Waals surface area contributed by atoms with Gasteiger partial charge in [-0.05, 0) is 50.3 Å². The van der Waals surface area contributed by atoms with E-state index in [4.69, 9.17) is 9.47 Å². The van der Waals surface area contributed by atoms with Crippen LogP contribution in [-0.2, 0) is 4.74 Å². The first-order chi connectivity index (χ1) is 9.20. The van der Waals surface area contributed by atoms with Gasteiger partial charge in [0.05, 0.1) is 18.8 Å². The first kappa shape index (κ1) is 14.8. The van der Waals surface area contributed by atoms with Gasteiger partial charge in [-0.3, -0.25) is 0 Å². The molecule has 106 valence electrons. The Hall–Kier alpha value is -0.580. The summed E-state index contributed by atoms with van der Waals surface area (Å²) in [4.78, 5) is 0. The van der Waals surface area contributed by atoms with E-state index in [0.29, 0.717) is 12.7 Å². The number of aliphatic hydroxyl groups is 1. The molecule has 0 aliphatic carbocycles. The van der Waals surface area contributed by atoms with Crippen molar-refractivity contribution in [1.82, 2.24) is 0 Å². The van der Waals surface area contributed by atoms with Crippen molar-refractivity contribution in [2.24, 2.45) is 0 Å². The molecule has 0 spiro atoms. The standard InChI is InChI=1S/C15H21BrO3/c1-2-18-12-5-7-13(14(16)10-12)15(17)8-6-11-4-3-9-19-11/h5,7,10-11,15,17H,2-4,6,8-9H2,1H3. The molecule has 0 saturated carbocycles. The highest BCUT2D eigenvalue weighted by Crippen LogP contribution is 2.31. The van der Waals surface area contributed by atoms with Crippen molar-refractivity contribution in [2.75, 3.05) is 13.2 Å². The van der Waals surface area contributed by atoms with Crippen LogP contribution < -0.4 is 4.74 Å². The van der Waals surface area contributed by atoms with Crippen LogP contribution in [-0.4, -0.2) is 24.4 Å². The van der Waals surface area contributed by atoms with Crippen LogP contribution >= 0.6 is 15.9 Å². The Morgan fingerprint density at radius 3 is 3.00 bits per heavy atom. The number of benzene rings is 1. The fourth-order valence-electron chi connectivity index (χ4n) is 2.41. The van der Waals surface area contributed by atoms with E-state index in [9.17, 15) is 5.11 Å². The van der Waals surface area contributed by atoms with Crippen molar-refractivity contribution in [1.29, 1.82) is 0 Å². The first-order valence-electron chi connectivity index (χ1n) is 6.92. The van der Waals surface area contributed by atoms with E-state index in [-0.39, 0.29) is 0 Å². The minimum Gasteiger partial charge on any atom is -0.494 e. The van der Waals surface area contributed by atoms with Crippen LogP contribution in [0.2, 0.25) is 0 Å². The lowest BCUT2D eigenvalue weighted by Gasteiger charge is -2.16. The van der Waals surface area contributed by atoms with Gasteiger partial charge in [0.25, 0.3) is 0 Å². The lowest BCUT2D eigenvalue weighted by molar-refractivity contribution is 0.0810. The summed E-state index contributed by atoms with van der Waals surface area (Å²) < 4.78 is 11.9. The number of ether oxygens (including phenoxy) is 2. The number of rotatable bonds is 6. The van der Waals surface area contributed by atoms with Gasteiger partial charge in [0.2, 0.25) is 0 Å². The van der Waals surface area contributed by atoms with Gasteiger partial charge in [0.15, 0.2) is 0 Å². The maximum absolute atomic E-state index is 10.3. The molecule has 0 aromatic heterocycles. The summed E-state index contributed by atoms with van der Waals surface area (Å²) in [7, 11) is 0. The third-order valence-electron chi connectivity index (χ3n) is 3.43. The van der Waals surface area contributed by atoms with Crippen LogP contribution in [0.1, 0.15) is 44.3 Å². The Morgan fingerprint density at radius 1 is 1.53 bits per heavy atom. The van der Waals surface area contributed by atoms with Gasteiger partial charge in [-0.1, -0.05) is 22.0 Å². The summed E-state index contributed by atoms with van der Waals surface area (Å²) in [5, 5.41) is 10.3. The van der Waals surface area contributed by atoms with Gasteiger partial charge in [-0.15, -0.1) is 0 Å². The van der Waals surface area contributed by atoms with Crippen LogP contribution in [0.25, 0.3) is 0 Å². The second-order valence-corrected chi connectivity index (χ2v) is 5.70. The molecule has 0 bridgehead atoms. The molecule has 1 heterocycles. The molecule has 1 saturated heterocycles. The molecule has 1 N–H and O–H groups in total. The Bertz CT molecular complexity index is 402. The molecule has 0 radical (unpaired) electrons. The summed E-state index contributed by atoms with van der Waals surface area (Å²) in [6.45, 7) is 3.47. The molecule has 1 fully saturated rings. The molecular weight excluding hydrogens is 308 g/mol. The molecule has 1 aromatic rings.